The lowest BCUT2D eigenvalue weighted by Gasteiger charge is -2.08. The number of benzene rings is 1. The highest BCUT2D eigenvalue weighted by Crippen LogP contribution is 2.18. The number of nitrogens with one attached hydrogen (secondary N) is 1. The third kappa shape index (κ3) is 3.65. The first-order chi connectivity index (χ1) is 9.99. The number of carbonyl (C=O) groups excluding carboxylic acids is 1. The predicted octanol–water partition coefficient (Wildman–Crippen LogP) is 1.57. The molecule has 21 heavy (non-hydrogen) atoms. The van der Waals surface area contributed by atoms with E-state index in [1.165, 1.54) is 25.3 Å². The molecule has 0 bridgehead atoms. The summed E-state index contributed by atoms with van der Waals surface area (Å²) in [5, 5.41) is 12.0. The fourth-order valence-electron chi connectivity index (χ4n) is 1.76. The standard InChI is InChI=1S/C14H14FN3O3/c1-8-17-11(6-13(19)18-8)14(20)16-7-9-3-4-10(15)12(5-9)21-2/h3-6H,7H2,1-2H3,(H,16,20)(H,17,18,19). The van der Waals surface area contributed by atoms with Crippen LogP contribution in [0.1, 0.15) is 21.9 Å². The molecule has 2 aromatic rings. The van der Waals surface area contributed by atoms with Crippen LogP contribution in [0.2, 0.25) is 0 Å². The molecule has 1 amide bonds. The summed E-state index contributed by atoms with van der Waals surface area (Å²) in [5.41, 5.74) is 0.741. The summed E-state index contributed by atoms with van der Waals surface area (Å²) in [6, 6.07) is 5.48. The number of aromatic nitrogens is 2. The summed E-state index contributed by atoms with van der Waals surface area (Å²) in [6.07, 6.45) is 0. The Labute approximate surface area is 120 Å². The molecular formula is C14H14FN3O3. The third-order valence-corrected chi connectivity index (χ3v) is 2.73. The van der Waals surface area contributed by atoms with Gasteiger partial charge >= 0.3 is 0 Å². The number of rotatable bonds is 4. The predicted molar refractivity (Wildman–Crippen MR) is 72.6 cm³/mol. The van der Waals surface area contributed by atoms with Gasteiger partial charge in [0.05, 0.1) is 7.11 Å². The molecule has 1 heterocycles. The van der Waals surface area contributed by atoms with Crippen molar-refractivity contribution in [3.05, 3.63) is 47.2 Å². The van der Waals surface area contributed by atoms with E-state index in [9.17, 15) is 14.3 Å². The van der Waals surface area contributed by atoms with Gasteiger partial charge in [0.1, 0.15) is 11.5 Å². The summed E-state index contributed by atoms with van der Waals surface area (Å²) < 4.78 is 18.1. The molecule has 0 aliphatic heterocycles. The lowest BCUT2D eigenvalue weighted by atomic mass is 10.2. The number of aryl methyl sites for hydroxylation is 1. The van der Waals surface area contributed by atoms with Crippen molar-refractivity contribution < 1.29 is 19.0 Å². The highest BCUT2D eigenvalue weighted by Gasteiger charge is 2.10. The Balaban J connectivity index is 2.07. The quantitative estimate of drug-likeness (QED) is 0.893. The fourth-order valence-corrected chi connectivity index (χ4v) is 1.76. The summed E-state index contributed by atoms with van der Waals surface area (Å²) in [6.45, 7) is 1.75. The van der Waals surface area contributed by atoms with Gasteiger partial charge in [-0.05, 0) is 24.6 Å². The molecule has 7 heteroatoms. The molecule has 1 aromatic carbocycles. The second-order valence-corrected chi connectivity index (χ2v) is 4.31. The number of hydrogen-bond acceptors (Lipinski definition) is 5. The van der Waals surface area contributed by atoms with Crippen molar-refractivity contribution in [1.82, 2.24) is 15.3 Å². The molecule has 0 atom stereocenters. The van der Waals surface area contributed by atoms with Crippen LogP contribution in [-0.4, -0.2) is 28.1 Å². The molecule has 0 fully saturated rings. The third-order valence-electron chi connectivity index (χ3n) is 2.73. The Kier molecular flexibility index (Phi) is 4.32. The van der Waals surface area contributed by atoms with Crippen molar-refractivity contribution in [2.24, 2.45) is 0 Å². The van der Waals surface area contributed by atoms with Crippen molar-refractivity contribution >= 4 is 5.91 Å². The van der Waals surface area contributed by atoms with Crippen LogP contribution in [-0.2, 0) is 6.54 Å². The molecule has 0 aliphatic carbocycles. The van der Waals surface area contributed by atoms with Crippen LogP contribution in [0.15, 0.2) is 24.3 Å². The number of methoxy groups -OCH3 is 1. The van der Waals surface area contributed by atoms with Crippen molar-refractivity contribution in [2.75, 3.05) is 7.11 Å². The van der Waals surface area contributed by atoms with Gasteiger partial charge in [-0.25, -0.2) is 9.37 Å². The Hall–Kier alpha value is -2.70. The molecule has 2 N–H and O–H groups in total. The lowest BCUT2D eigenvalue weighted by Crippen LogP contribution is -2.24. The minimum Gasteiger partial charge on any atom is -0.494 e. The first-order valence-corrected chi connectivity index (χ1v) is 6.15. The van der Waals surface area contributed by atoms with E-state index >= 15 is 0 Å². The van der Waals surface area contributed by atoms with Gasteiger partial charge in [0.15, 0.2) is 11.6 Å². The SMILES string of the molecule is COc1cc(CNC(=O)c2cc(O)nc(C)n2)ccc1F. The largest absolute Gasteiger partial charge is 0.494 e. The number of aromatic hydroxyl groups is 1. The maximum Gasteiger partial charge on any atom is 0.270 e. The molecule has 0 saturated heterocycles. The number of halogens is 1. The molecule has 1 aromatic heterocycles. The zero-order valence-corrected chi connectivity index (χ0v) is 11.6. The second kappa shape index (κ2) is 6.17. The maximum atomic E-state index is 13.3. The van der Waals surface area contributed by atoms with Crippen LogP contribution >= 0.6 is 0 Å². The normalized spacial score (nSPS) is 10.2. The molecule has 0 radical (unpaired) electrons. The summed E-state index contributed by atoms with van der Waals surface area (Å²) in [4.78, 5) is 19.5. The minimum absolute atomic E-state index is 0.0640. The first kappa shape index (κ1) is 14.7. The van der Waals surface area contributed by atoms with Gasteiger partial charge in [-0.15, -0.1) is 0 Å². The van der Waals surface area contributed by atoms with Gasteiger partial charge in [-0.1, -0.05) is 6.07 Å². The Morgan fingerprint density at radius 2 is 2.14 bits per heavy atom. The molecule has 110 valence electrons. The number of nitrogens with zero attached hydrogens (tertiary/aromatic N) is 2. The highest BCUT2D eigenvalue weighted by atomic mass is 19.1. The molecule has 0 spiro atoms. The van der Waals surface area contributed by atoms with E-state index in [0.29, 0.717) is 11.4 Å². The zero-order valence-electron chi connectivity index (χ0n) is 11.6. The molecule has 0 saturated carbocycles. The zero-order chi connectivity index (χ0) is 15.4. The van der Waals surface area contributed by atoms with E-state index in [1.54, 1.807) is 13.0 Å². The van der Waals surface area contributed by atoms with Crippen LogP contribution < -0.4 is 10.1 Å². The van der Waals surface area contributed by atoms with Crippen LogP contribution in [0.5, 0.6) is 11.6 Å². The molecule has 2 rings (SSSR count). The van der Waals surface area contributed by atoms with Gasteiger partial charge in [-0.2, -0.15) is 4.98 Å². The highest BCUT2D eigenvalue weighted by molar-refractivity contribution is 5.92. The topological polar surface area (TPSA) is 84.3 Å². The van der Waals surface area contributed by atoms with E-state index in [2.05, 4.69) is 15.3 Å². The first-order valence-electron chi connectivity index (χ1n) is 6.15. The fraction of sp³-hybridized carbons (Fsp3) is 0.214. The average Bonchev–Trinajstić information content (AvgIpc) is 2.45. The number of amides is 1. The minimum atomic E-state index is -0.469. The van der Waals surface area contributed by atoms with Crippen molar-refractivity contribution in [1.29, 1.82) is 0 Å². The molecular weight excluding hydrogens is 277 g/mol. The number of carbonyl (C=O) groups is 1. The van der Waals surface area contributed by atoms with Gasteiger partial charge in [-0.3, -0.25) is 4.79 Å². The maximum absolute atomic E-state index is 13.3. The van der Waals surface area contributed by atoms with E-state index in [4.69, 9.17) is 4.74 Å². The monoisotopic (exact) mass is 291 g/mol. The van der Waals surface area contributed by atoms with Crippen LogP contribution in [0.4, 0.5) is 4.39 Å². The second-order valence-electron chi connectivity index (χ2n) is 4.31. The Bertz CT molecular complexity index is 656. The van der Waals surface area contributed by atoms with Crippen LogP contribution in [0, 0.1) is 12.7 Å². The number of hydrogen-bond donors (Lipinski definition) is 2. The van der Waals surface area contributed by atoms with Crippen molar-refractivity contribution in [3.63, 3.8) is 0 Å². The van der Waals surface area contributed by atoms with Gasteiger partial charge in [0.2, 0.25) is 5.88 Å². The smallest absolute Gasteiger partial charge is 0.270 e. The average molecular weight is 291 g/mol. The van der Waals surface area contributed by atoms with E-state index in [0.717, 1.165) is 0 Å². The van der Waals surface area contributed by atoms with Gasteiger partial charge in [0.25, 0.3) is 5.91 Å². The van der Waals surface area contributed by atoms with Gasteiger partial charge in [0, 0.05) is 12.6 Å². The summed E-state index contributed by atoms with van der Waals surface area (Å²) in [7, 11) is 1.37. The summed E-state index contributed by atoms with van der Waals surface area (Å²) in [5.74, 6) is -0.792. The van der Waals surface area contributed by atoms with Crippen LogP contribution in [0.25, 0.3) is 0 Å². The Morgan fingerprint density at radius 1 is 1.38 bits per heavy atom. The summed E-state index contributed by atoms with van der Waals surface area (Å²) >= 11 is 0. The van der Waals surface area contributed by atoms with E-state index in [1.807, 2.05) is 0 Å². The van der Waals surface area contributed by atoms with E-state index in [-0.39, 0.29) is 23.9 Å². The van der Waals surface area contributed by atoms with Crippen LogP contribution in [0.3, 0.4) is 0 Å². The lowest BCUT2D eigenvalue weighted by molar-refractivity contribution is 0.0945. The van der Waals surface area contributed by atoms with Crippen molar-refractivity contribution in [3.8, 4) is 11.6 Å². The molecule has 0 unspecified atom stereocenters. The van der Waals surface area contributed by atoms with Crippen molar-refractivity contribution in [2.45, 2.75) is 13.5 Å². The molecule has 0 aliphatic rings. The number of ether oxygens (including phenoxy) is 1. The Morgan fingerprint density at radius 3 is 2.81 bits per heavy atom. The van der Waals surface area contributed by atoms with E-state index < -0.39 is 11.7 Å². The van der Waals surface area contributed by atoms with Gasteiger partial charge < -0.3 is 15.2 Å². The molecule has 6 nitrogen and oxygen atoms in total.